The molecule has 8 heteroatoms. The van der Waals surface area contributed by atoms with Crippen LogP contribution in [0, 0.1) is 12.3 Å². The Balaban J connectivity index is 1.61. The first kappa shape index (κ1) is 23.2. The summed E-state index contributed by atoms with van der Waals surface area (Å²) in [5.74, 6) is 1.47. The maximum atomic E-state index is 13.3. The van der Waals surface area contributed by atoms with E-state index >= 15 is 0 Å². The molecular weight excluding hydrogens is 428 g/mol. The predicted molar refractivity (Wildman–Crippen MR) is 123 cm³/mol. The van der Waals surface area contributed by atoms with Crippen LogP contribution in [-0.2, 0) is 9.53 Å². The minimum atomic E-state index is -2.58. The van der Waals surface area contributed by atoms with Crippen LogP contribution in [0.1, 0.15) is 37.0 Å². The van der Waals surface area contributed by atoms with Gasteiger partial charge in [-0.2, -0.15) is 0 Å². The van der Waals surface area contributed by atoms with Gasteiger partial charge in [-0.1, -0.05) is 12.1 Å². The highest BCUT2D eigenvalue weighted by molar-refractivity contribution is 6.04. The number of ether oxygens (including phenoxy) is 2. The SMILES string of the molecule is COC(=O)C(C)(C)CN1CCN(C2=Nc3ccc(C(F)F)cc3Oc3cc(C)ccc32)CC1. The minimum absolute atomic E-state index is 0.0940. The molecule has 2 heterocycles. The molecule has 176 valence electrons. The van der Waals surface area contributed by atoms with E-state index < -0.39 is 11.8 Å². The van der Waals surface area contributed by atoms with Crippen molar-refractivity contribution in [3.05, 3.63) is 53.1 Å². The van der Waals surface area contributed by atoms with Crippen molar-refractivity contribution in [1.29, 1.82) is 0 Å². The molecule has 2 aromatic carbocycles. The molecule has 0 radical (unpaired) electrons. The molecule has 1 saturated heterocycles. The predicted octanol–water partition coefficient (Wildman–Crippen LogP) is 4.93. The summed E-state index contributed by atoms with van der Waals surface area (Å²) in [6.07, 6.45) is -2.58. The summed E-state index contributed by atoms with van der Waals surface area (Å²) >= 11 is 0. The summed E-state index contributed by atoms with van der Waals surface area (Å²) in [7, 11) is 1.41. The second-order valence-electron chi connectivity index (χ2n) is 9.20. The van der Waals surface area contributed by atoms with Crippen molar-refractivity contribution in [2.24, 2.45) is 10.4 Å². The molecule has 0 saturated carbocycles. The molecule has 0 bridgehead atoms. The lowest BCUT2D eigenvalue weighted by Gasteiger charge is -2.39. The van der Waals surface area contributed by atoms with E-state index in [1.165, 1.54) is 19.2 Å². The number of rotatable bonds is 4. The van der Waals surface area contributed by atoms with E-state index in [-0.39, 0.29) is 11.5 Å². The number of carbonyl (C=O) groups excluding carboxylic acids is 1. The fourth-order valence-corrected chi connectivity index (χ4v) is 4.29. The number of aryl methyl sites for hydroxylation is 1. The van der Waals surface area contributed by atoms with Gasteiger partial charge in [-0.3, -0.25) is 9.69 Å². The highest BCUT2D eigenvalue weighted by Gasteiger charge is 2.33. The molecule has 6 nitrogen and oxygen atoms in total. The molecule has 0 aliphatic carbocycles. The number of benzene rings is 2. The highest BCUT2D eigenvalue weighted by atomic mass is 19.3. The largest absolute Gasteiger partial charge is 0.469 e. The monoisotopic (exact) mass is 457 g/mol. The van der Waals surface area contributed by atoms with Crippen molar-refractivity contribution in [3.63, 3.8) is 0 Å². The first-order valence-electron chi connectivity index (χ1n) is 11.0. The Hall–Kier alpha value is -3.00. The van der Waals surface area contributed by atoms with Crippen LogP contribution in [0.25, 0.3) is 0 Å². The molecule has 1 fully saturated rings. The van der Waals surface area contributed by atoms with Gasteiger partial charge in [-0.05, 0) is 50.6 Å². The van der Waals surface area contributed by atoms with Crippen molar-refractivity contribution in [1.82, 2.24) is 9.80 Å². The van der Waals surface area contributed by atoms with E-state index in [4.69, 9.17) is 14.5 Å². The van der Waals surface area contributed by atoms with Crippen LogP contribution >= 0.6 is 0 Å². The smallest absolute Gasteiger partial charge is 0.312 e. The second-order valence-corrected chi connectivity index (χ2v) is 9.20. The molecular formula is C25H29F2N3O3. The number of aliphatic imine (C=N–C) groups is 1. The third kappa shape index (κ3) is 4.85. The van der Waals surface area contributed by atoms with Gasteiger partial charge in [-0.25, -0.2) is 13.8 Å². The molecule has 0 aromatic heterocycles. The van der Waals surface area contributed by atoms with Crippen molar-refractivity contribution in [3.8, 4) is 11.5 Å². The molecule has 2 aromatic rings. The Morgan fingerprint density at radius 3 is 2.52 bits per heavy atom. The summed E-state index contributed by atoms with van der Waals surface area (Å²) in [5.41, 5.74) is 1.69. The summed E-state index contributed by atoms with van der Waals surface area (Å²) < 4.78 is 37.5. The Labute approximate surface area is 192 Å². The second kappa shape index (κ2) is 9.09. The van der Waals surface area contributed by atoms with Crippen LogP contribution in [0.5, 0.6) is 11.5 Å². The first-order chi connectivity index (χ1) is 15.7. The van der Waals surface area contributed by atoms with Crippen molar-refractivity contribution in [2.75, 3.05) is 39.8 Å². The van der Waals surface area contributed by atoms with E-state index in [0.717, 1.165) is 30.1 Å². The van der Waals surface area contributed by atoms with Crippen LogP contribution in [0.4, 0.5) is 14.5 Å². The van der Waals surface area contributed by atoms with Crippen molar-refractivity contribution >= 4 is 17.5 Å². The fraction of sp³-hybridized carbons (Fsp3) is 0.440. The highest BCUT2D eigenvalue weighted by Crippen LogP contribution is 2.40. The zero-order valence-corrected chi connectivity index (χ0v) is 19.4. The molecule has 0 N–H and O–H groups in total. The van der Waals surface area contributed by atoms with Gasteiger partial charge in [0, 0.05) is 38.3 Å². The Morgan fingerprint density at radius 1 is 1.12 bits per heavy atom. The van der Waals surface area contributed by atoms with Crippen molar-refractivity contribution in [2.45, 2.75) is 27.2 Å². The van der Waals surface area contributed by atoms with E-state index in [0.29, 0.717) is 36.8 Å². The van der Waals surface area contributed by atoms with Crippen LogP contribution in [-0.4, -0.2) is 61.4 Å². The molecule has 0 amide bonds. The van der Waals surface area contributed by atoms with Gasteiger partial charge >= 0.3 is 5.97 Å². The number of hydrogen-bond donors (Lipinski definition) is 0. The summed E-state index contributed by atoms with van der Waals surface area (Å²) in [4.78, 5) is 21.4. The Bertz CT molecular complexity index is 1080. The van der Waals surface area contributed by atoms with Gasteiger partial charge in [0.1, 0.15) is 17.3 Å². The van der Waals surface area contributed by atoms with Gasteiger partial charge in [0.15, 0.2) is 5.75 Å². The van der Waals surface area contributed by atoms with Gasteiger partial charge in [0.05, 0.1) is 18.1 Å². The van der Waals surface area contributed by atoms with Gasteiger partial charge in [0.25, 0.3) is 6.43 Å². The normalized spacial score (nSPS) is 16.5. The van der Waals surface area contributed by atoms with Crippen LogP contribution in [0.2, 0.25) is 0 Å². The molecule has 2 aliphatic heterocycles. The van der Waals surface area contributed by atoms with E-state index in [1.54, 1.807) is 6.07 Å². The van der Waals surface area contributed by atoms with Gasteiger partial charge < -0.3 is 14.4 Å². The maximum Gasteiger partial charge on any atom is 0.312 e. The number of methoxy groups -OCH3 is 1. The summed E-state index contributed by atoms with van der Waals surface area (Å²) in [6, 6.07) is 10.2. The van der Waals surface area contributed by atoms with Crippen LogP contribution in [0.15, 0.2) is 41.4 Å². The number of hydrogen-bond acceptors (Lipinski definition) is 6. The van der Waals surface area contributed by atoms with Gasteiger partial charge in [-0.15, -0.1) is 0 Å². The first-order valence-corrected chi connectivity index (χ1v) is 11.0. The molecule has 0 atom stereocenters. The number of amidine groups is 1. The van der Waals surface area contributed by atoms with Gasteiger partial charge in [0.2, 0.25) is 0 Å². The number of halogens is 2. The standard InChI is InChI=1S/C25H29F2N3O3/c1-16-5-7-18-20(13-16)33-21-14-17(22(26)27)6-8-19(21)28-23(18)30-11-9-29(10-12-30)15-25(2,3)24(31)32-4/h5-8,13-14,22H,9-12,15H2,1-4H3. The third-order valence-electron chi connectivity index (χ3n) is 6.09. The zero-order valence-electron chi connectivity index (χ0n) is 19.4. The van der Waals surface area contributed by atoms with E-state index in [9.17, 15) is 13.6 Å². The minimum Gasteiger partial charge on any atom is -0.469 e. The zero-order chi connectivity index (χ0) is 23.8. The molecule has 33 heavy (non-hydrogen) atoms. The Morgan fingerprint density at radius 2 is 1.85 bits per heavy atom. The topological polar surface area (TPSA) is 54.4 Å². The number of esters is 1. The fourth-order valence-electron chi connectivity index (χ4n) is 4.29. The average molecular weight is 458 g/mol. The lowest BCUT2D eigenvalue weighted by atomic mass is 9.92. The number of piperazine rings is 1. The summed E-state index contributed by atoms with van der Waals surface area (Å²) in [6.45, 7) is 9.31. The molecule has 0 unspecified atom stereocenters. The summed E-state index contributed by atoms with van der Waals surface area (Å²) in [5, 5.41) is 0. The molecule has 2 aliphatic rings. The molecule has 0 spiro atoms. The quantitative estimate of drug-likeness (QED) is 0.609. The average Bonchev–Trinajstić information content (AvgIpc) is 2.94. The van der Waals surface area contributed by atoms with Crippen molar-refractivity contribution < 1.29 is 23.0 Å². The lowest BCUT2D eigenvalue weighted by molar-refractivity contribution is -0.152. The maximum absolute atomic E-state index is 13.3. The van der Waals surface area contributed by atoms with E-state index in [2.05, 4.69) is 9.80 Å². The Kier molecular flexibility index (Phi) is 6.38. The van der Waals surface area contributed by atoms with Crippen LogP contribution < -0.4 is 4.74 Å². The number of alkyl halides is 2. The number of carbonyl (C=O) groups is 1. The van der Waals surface area contributed by atoms with E-state index in [1.807, 2.05) is 39.0 Å². The third-order valence-corrected chi connectivity index (χ3v) is 6.09. The number of fused-ring (bicyclic) bond motifs is 2. The van der Waals surface area contributed by atoms with Crippen LogP contribution in [0.3, 0.4) is 0 Å². The number of nitrogens with zero attached hydrogens (tertiary/aromatic N) is 3. The lowest BCUT2D eigenvalue weighted by Crippen LogP contribution is -2.52. The molecule has 4 rings (SSSR count).